The van der Waals surface area contributed by atoms with Gasteiger partial charge in [-0.25, -0.2) is 4.79 Å². The van der Waals surface area contributed by atoms with Crippen molar-refractivity contribution in [1.82, 2.24) is 0 Å². The number of phenolic OH excluding ortho intramolecular Hbond substituents is 1. The molecule has 0 heterocycles. The number of nitrogens with one attached hydrogen (secondary N) is 1. The van der Waals surface area contributed by atoms with Crippen molar-refractivity contribution in [3.63, 3.8) is 0 Å². The molecule has 0 aliphatic heterocycles. The third-order valence-electron chi connectivity index (χ3n) is 2.17. The van der Waals surface area contributed by atoms with Crippen LogP contribution in [-0.2, 0) is 4.74 Å². The maximum atomic E-state index is 11.4. The summed E-state index contributed by atoms with van der Waals surface area (Å²) in [4.78, 5) is 11.4. The van der Waals surface area contributed by atoms with Crippen molar-refractivity contribution in [2.45, 2.75) is 6.10 Å². The molecule has 6 heteroatoms. The van der Waals surface area contributed by atoms with E-state index in [9.17, 15) is 15.0 Å². The number of methoxy groups -OCH3 is 1. The quantitative estimate of drug-likeness (QED) is 0.539. The van der Waals surface area contributed by atoms with Crippen molar-refractivity contribution in [2.24, 2.45) is 0 Å². The molecule has 6 nitrogen and oxygen atoms in total. The molecule has 0 aliphatic carbocycles. The molecule has 0 spiro atoms. The highest BCUT2D eigenvalue weighted by molar-refractivity contribution is 5.98. The van der Waals surface area contributed by atoms with Gasteiger partial charge in [0, 0.05) is 6.54 Å². The van der Waals surface area contributed by atoms with Crippen LogP contribution in [0.5, 0.6) is 5.75 Å². The monoisotopic (exact) mass is 241 g/mol. The van der Waals surface area contributed by atoms with Crippen LogP contribution in [0.1, 0.15) is 10.4 Å². The zero-order valence-corrected chi connectivity index (χ0v) is 9.38. The van der Waals surface area contributed by atoms with E-state index in [1.54, 1.807) is 12.1 Å². The van der Waals surface area contributed by atoms with Crippen LogP contribution in [0.2, 0.25) is 0 Å². The first kappa shape index (κ1) is 13.3. The van der Waals surface area contributed by atoms with Crippen molar-refractivity contribution < 1.29 is 24.9 Å². The van der Waals surface area contributed by atoms with E-state index < -0.39 is 12.1 Å². The van der Waals surface area contributed by atoms with Gasteiger partial charge in [-0.2, -0.15) is 0 Å². The van der Waals surface area contributed by atoms with Crippen LogP contribution in [0.4, 0.5) is 5.69 Å². The standard InChI is InChI=1S/C11H15NO5/c1-17-11(16)10-8(3-2-4-9(10)15)12-5-7(14)6-13/h2-4,7,12-15H,5-6H2,1H3. The van der Waals surface area contributed by atoms with E-state index in [1.807, 2.05) is 0 Å². The smallest absolute Gasteiger partial charge is 0.343 e. The Morgan fingerprint density at radius 3 is 2.82 bits per heavy atom. The third kappa shape index (κ3) is 3.33. The van der Waals surface area contributed by atoms with Gasteiger partial charge in [0.2, 0.25) is 0 Å². The Morgan fingerprint density at radius 2 is 2.24 bits per heavy atom. The summed E-state index contributed by atoms with van der Waals surface area (Å²) in [6, 6.07) is 4.48. The summed E-state index contributed by atoms with van der Waals surface area (Å²) < 4.78 is 4.54. The Balaban J connectivity index is 2.91. The number of hydrogen-bond donors (Lipinski definition) is 4. The highest BCUT2D eigenvalue weighted by Crippen LogP contribution is 2.26. The van der Waals surface area contributed by atoms with Crippen molar-refractivity contribution >= 4 is 11.7 Å². The number of carbonyl (C=O) groups is 1. The first-order valence-corrected chi connectivity index (χ1v) is 5.03. The average molecular weight is 241 g/mol. The Labute approximate surface area is 98.5 Å². The van der Waals surface area contributed by atoms with Gasteiger partial charge in [-0.05, 0) is 12.1 Å². The predicted molar refractivity (Wildman–Crippen MR) is 61.0 cm³/mol. The zero-order chi connectivity index (χ0) is 12.8. The summed E-state index contributed by atoms with van der Waals surface area (Å²) in [7, 11) is 1.21. The molecule has 0 aliphatic rings. The van der Waals surface area contributed by atoms with Crippen LogP contribution in [0.15, 0.2) is 18.2 Å². The van der Waals surface area contributed by atoms with Crippen LogP contribution in [0, 0.1) is 0 Å². The van der Waals surface area contributed by atoms with Gasteiger partial charge >= 0.3 is 5.97 Å². The number of anilines is 1. The lowest BCUT2D eigenvalue weighted by Crippen LogP contribution is -2.23. The van der Waals surface area contributed by atoms with Gasteiger partial charge in [-0.1, -0.05) is 6.07 Å². The molecule has 0 saturated heterocycles. The number of ether oxygens (including phenoxy) is 1. The number of phenols is 1. The molecule has 1 atom stereocenters. The van der Waals surface area contributed by atoms with Crippen molar-refractivity contribution in [2.75, 3.05) is 25.6 Å². The molecule has 0 fully saturated rings. The molecule has 0 saturated carbocycles. The van der Waals surface area contributed by atoms with E-state index in [4.69, 9.17) is 5.11 Å². The minimum atomic E-state index is -0.942. The molecule has 0 amide bonds. The van der Waals surface area contributed by atoms with Gasteiger partial charge < -0.3 is 25.4 Å². The zero-order valence-electron chi connectivity index (χ0n) is 9.38. The van der Waals surface area contributed by atoms with Crippen LogP contribution in [0.25, 0.3) is 0 Å². The molecule has 94 valence electrons. The lowest BCUT2D eigenvalue weighted by Gasteiger charge is -2.13. The molecule has 0 aromatic heterocycles. The second-order valence-electron chi connectivity index (χ2n) is 3.41. The first-order valence-electron chi connectivity index (χ1n) is 5.03. The molecule has 4 N–H and O–H groups in total. The van der Waals surface area contributed by atoms with Gasteiger partial charge in [-0.3, -0.25) is 0 Å². The fourth-order valence-electron chi connectivity index (χ4n) is 1.30. The van der Waals surface area contributed by atoms with E-state index in [2.05, 4.69) is 10.1 Å². The van der Waals surface area contributed by atoms with Crippen LogP contribution >= 0.6 is 0 Å². The Hall–Kier alpha value is -1.79. The number of benzene rings is 1. The number of aliphatic hydroxyl groups excluding tert-OH is 2. The highest BCUT2D eigenvalue weighted by atomic mass is 16.5. The topological polar surface area (TPSA) is 99.0 Å². The van der Waals surface area contributed by atoms with E-state index in [0.717, 1.165) is 0 Å². The summed E-state index contributed by atoms with van der Waals surface area (Å²) >= 11 is 0. The second-order valence-corrected chi connectivity index (χ2v) is 3.41. The minimum Gasteiger partial charge on any atom is -0.507 e. The van der Waals surface area contributed by atoms with E-state index >= 15 is 0 Å². The Morgan fingerprint density at radius 1 is 1.53 bits per heavy atom. The Kier molecular flexibility index (Phi) is 4.74. The summed E-state index contributed by atoms with van der Waals surface area (Å²) in [6.07, 6.45) is -0.942. The summed E-state index contributed by atoms with van der Waals surface area (Å²) in [6.45, 7) is -0.330. The molecule has 17 heavy (non-hydrogen) atoms. The van der Waals surface area contributed by atoms with Gasteiger partial charge in [0.25, 0.3) is 0 Å². The summed E-state index contributed by atoms with van der Waals surface area (Å²) in [5.74, 6) is -0.885. The minimum absolute atomic E-state index is 0.000129. The number of aromatic hydroxyl groups is 1. The van der Waals surface area contributed by atoms with Gasteiger partial charge in [0.05, 0.1) is 25.5 Å². The lowest BCUT2D eigenvalue weighted by molar-refractivity contribution is 0.0598. The molecule has 1 aromatic carbocycles. The Bertz CT molecular complexity index is 393. The van der Waals surface area contributed by atoms with Crippen molar-refractivity contribution in [1.29, 1.82) is 0 Å². The fraction of sp³-hybridized carbons (Fsp3) is 0.364. The maximum Gasteiger partial charge on any atom is 0.343 e. The number of esters is 1. The predicted octanol–water partition coefficient (Wildman–Crippen LogP) is -0.0561. The maximum absolute atomic E-state index is 11.4. The highest BCUT2D eigenvalue weighted by Gasteiger charge is 2.17. The number of rotatable bonds is 5. The van der Waals surface area contributed by atoms with Crippen molar-refractivity contribution in [3.05, 3.63) is 23.8 Å². The van der Waals surface area contributed by atoms with Crippen LogP contribution in [0.3, 0.4) is 0 Å². The SMILES string of the molecule is COC(=O)c1c(O)cccc1NCC(O)CO. The molecule has 0 bridgehead atoms. The van der Waals surface area contributed by atoms with Crippen LogP contribution < -0.4 is 5.32 Å². The summed E-state index contributed by atoms with van der Waals surface area (Å²) in [5.41, 5.74) is 0.337. The van der Waals surface area contributed by atoms with Gasteiger partial charge in [0.15, 0.2) is 0 Å². The first-order chi connectivity index (χ1) is 8.10. The largest absolute Gasteiger partial charge is 0.507 e. The fourth-order valence-corrected chi connectivity index (χ4v) is 1.30. The second kappa shape index (κ2) is 6.07. The summed E-state index contributed by atoms with van der Waals surface area (Å²) in [5, 5.41) is 30.2. The van der Waals surface area contributed by atoms with Crippen molar-refractivity contribution in [3.8, 4) is 5.75 Å². The molecule has 1 unspecified atom stereocenters. The van der Waals surface area contributed by atoms with Crippen LogP contribution in [-0.4, -0.2) is 47.7 Å². The number of aliphatic hydroxyl groups is 2. The number of carbonyl (C=O) groups excluding carboxylic acids is 1. The molecule has 0 radical (unpaired) electrons. The normalized spacial score (nSPS) is 11.9. The van der Waals surface area contributed by atoms with E-state index in [-0.39, 0.29) is 24.5 Å². The van der Waals surface area contributed by atoms with E-state index in [1.165, 1.54) is 13.2 Å². The third-order valence-corrected chi connectivity index (χ3v) is 2.17. The average Bonchev–Trinajstić information content (AvgIpc) is 2.35. The molecular formula is C11H15NO5. The van der Waals surface area contributed by atoms with Gasteiger partial charge in [0.1, 0.15) is 11.3 Å². The lowest BCUT2D eigenvalue weighted by atomic mass is 10.1. The van der Waals surface area contributed by atoms with Gasteiger partial charge in [-0.15, -0.1) is 0 Å². The van der Waals surface area contributed by atoms with E-state index in [0.29, 0.717) is 5.69 Å². The molecule has 1 rings (SSSR count). The molecule has 1 aromatic rings. The molecular weight excluding hydrogens is 226 g/mol. The number of hydrogen-bond acceptors (Lipinski definition) is 6.